The largest absolute Gasteiger partial charge is 0.461 e. The molecule has 0 aliphatic heterocycles. The number of carbonyl (C=O) groups excluding carboxylic acids is 3. The lowest BCUT2D eigenvalue weighted by Crippen LogP contribution is -2.33. The number of benzene rings is 1. The Hall–Kier alpha value is -3.29. The molecule has 1 aromatic carbocycles. The molecule has 1 fully saturated rings. The van der Waals surface area contributed by atoms with Gasteiger partial charge in [-0.3, -0.25) is 14.9 Å². The zero-order valence-corrected chi connectivity index (χ0v) is 18.7. The number of furan rings is 1. The van der Waals surface area contributed by atoms with Crippen LogP contribution in [0, 0.1) is 0 Å². The Labute approximate surface area is 187 Å². The fourth-order valence-corrected chi connectivity index (χ4v) is 3.40. The third kappa shape index (κ3) is 7.14. The standard InChI is InChI=1S/C24H30N2O6/c1-24(2,3)32-23(29)26-17-11-9-16(10-12-17)19-13-14-20(31-19)22(28)25-15-21(27)30-18-7-5-4-6-8-18/h9-14,18H,4-8,15H2,1-3H3,(H,25,28)(H,26,29). The van der Waals surface area contributed by atoms with E-state index in [-0.39, 0.29) is 18.4 Å². The summed E-state index contributed by atoms with van der Waals surface area (Å²) in [7, 11) is 0. The first kappa shape index (κ1) is 23.4. The van der Waals surface area contributed by atoms with Crippen molar-refractivity contribution in [2.24, 2.45) is 0 Å². The lowest BCUT2D eigenvalue weighted by molar-refractivity contribution is -0.149. The van der Waals surface area contributed by atoms with Crippen molar-refractivity contribution < 1.29 is 28.3 Å². The first-order chi connectivity index (χ1) is 15.2. The maximum Gasteiger partial charge on any atom is 0.412 e. The fraction of sp³-hybridized carbons (Fsp3) is 0.458. The molecule has 2 amide bonds. The van der Waals surface area contributed by atoms with E-state index < -0.39 is 23.6 Å². The van der Waals surface area contributed by atoms with Crippen LogP contribution < -0.4 is 10.6 Å². The van der Waals surface area contributed by atoms with E-state index in [0.717, 1.165) is 31.2 Å². The van der Waals surface area contributed by atoms with Crippen molar-refractivity contribution in [2.75, 3.05) is 11.9 Å². The van der Waals surface area contributed by atoms with Crippen LogP contribution in [0.25, 0.3) is 11.3 Å². The Morgan fingerprint density at radius 3 is 2.34 bits per heavy atom. The monoisotopic (exact) mass is 442 g/mol. The summed E-state index contributed by atoms with van der Waals surface area (Å²) in [5.41, 5.74) is 0.724. The molecule has 1 aliphatic rings. The number of hydrogen-bond donors (Lipinski definition) is 2. The van der Waals surface area contributed by atoms with Crippen LogP contribution in [0.4, 0.5) is 10.5 Å². The highest BCUT2D eigenvalue weighted by atomic mass is 16.6. The summed E-state index contributed by atoms with van der Waals surface area (Å²) >= 11 is 0. The number of rotatable bonds is 6. The summed E-state index contributed by atoms with van der Waals surface area (Å²) < 4.78 is 16.2. The molecule has 32 heavy (non-hydrogen) atoms. The number of esters is 1. The molecule has 2 N–H and O–H groups in total. The van der Waals surface area contributed by atoms with Crippen molar-refractivity contribution >= 4 is 23.7 Å². The smallest absolute Gasteiger partial charge is 0.412 e. The van der Waals surface area contributed by atoms with Crippen LogP contribution in [0.15, 0.2) is 40.8 Å². The zero-order chi connectivity index (χ0) is 23.1. The van der Waals surface area contributed by atoms with Gasteiger partial charge in [0.05, 0.1) is 0 Å². The molecule has 1 aliphatic carbocycles. The first-order valence-corrected chi connectivity index (χ1v) is 10.9. The van der Waals surface area contributed by atoms with Crippen molar-refractivity contribution in [3.63, 3.8) is 0 Å². The summed E-state index contributed by atoms with van der Waals surface area (Å²) in [5.74, 6) is -0.338. The third-order valence-corrected chi connectivity index (χ3v) is 4.89. The Morgan fingerprint density at radius 1 is 1.00 bits per heavy atom. The second-order valence-corrected chi connectivity index (χ2v) is 8.80. The molecule has 0 atom stereocenters. The number of amides is 2. The van der Waals surface area contributed by atoms with E-state index in [0.29, 0.717) is 11.4 Å². The quantitative estimate of drug-likeness (QED) is 0.616. The second-order valence-electron chi connectivity index (χ2n) is 8.80. The van der Waals surface area contributed by atoms with Gasteiger partial charge in [0.15, 0.2) is 5.76 Å². The van der Waals surface area contributed by atoms with Gasteiger partial charge >= 0.3 is 12.1 Å². The maximum atomic E-state index is 12.3. The first-order valence-electron chi connectivity index (χ1n) is 10.9. The summed E-state index contributed by atoms with van der Waals surface area (Å²) in [4.78, 5) is 36.1. The van der Waals surface area contributed by atoms with Crippen LogP contribution in [-0.2, 0) is 14.3 Å². The van der Waals surface area contributed by atoms with Crippen molar-refractivity contribution in [1.29, 1.82) is 0 Å². The molecule has 0 spiro atoms. The summed E-state index contributed by atoms with van der Waals surface area (Å²) in [5, 5.41) is 5.19. The van der Waals surface area contributed by atoms with E-state index in [2.05, 4.69) is 10.6 Å². The number of carbonyl (C=O) groups is 3. The Kier molecular flexibility index (Phi) is 7.56. The van der Waals surface area contributed by atoms with Crippen molar-refractivity contribution in [2.45, 2.75) is 64.6 Å². The van der Waals surface area contributed by atoms with Gasteiger partial charge in [-0.15, -0.1) is 0 Å². The summed E-state index contributed by atoms with van der Waals surface area (Å²) in [6, 6.07) is 10.2. The van der Waals surface area contributed by atoms with E-state index >= 15 is 0 Å². The molecule has 0 radical (unpaired) electrons. The van der Waals surface area contributed by atoms with E-state index in [1.54, 1.807) is 57.2 Å². The second kappa shape index (κ2) is 10.3. The molecule has 172 valence electrons. The highest BCUT2D eigenvalue weighted by Crippen LogP contribution is 2.24. The molecule has 0 bridgehead atoms. The Balaban J connectivity index is 1.50. The molecule has 1 saturated carbocycles. The van der Waals surface area contributed by atoms with Gasteiger partial charge in [0.2, 0.25) is 0 Å². The average Bonchev–Trinajstić information content (AvgIpc) is 3.22. The minimum absolute atomic E-state index is 0.0452. The maximum absolute atomic E-state index is 12.3. The van der Waals surface area contributed by atoms with Crippen LogP contribution in [0.1, 0.15) is 63.4 Å². The lowest BCUT2D eigenvalue weighted by Gasteiger charge is -2.21. The highest BCUT2D eigenvalue weighted by molar-refractivity contribution is 5.94. The molecule has 8 nitrogen and oxygen atoms in total. The van der Waals surface area contributed by atoms with Gasteiger partial charge < -0.3 is 19.2 Å². The number of ether oxygens (including phenoxy) is 2. The predicted molar refractivity (Wildman–Crippen MR) is 119 cm³/mol. The minimum atomic E-state index is -0.582. The van der Waals surface area contributed by atoms with Gasteiger partial charge in [-0.25, -0.2) is 4.79 Å². The Morgan fingerprint density at radius 2 is 1.69 bits per heavy atom. The number of nitrogens with one attached hydrogen (secondary N) is 2. The van der Waals surface area contributed by atoms with E-state index in [1.807, 2.05) is 0 Å². The molecule has 0 unspecified atom stereocenters. The zero-order valence-electron chi connectivity index (χ0n) is 18.7. The van der Waals surface area contributed by atoms with Gasteiger partial charge in [0.1, 0.15) is 24.0 Å². The molecule has 0 saturated heterocycles. The van der Waals surface area contributed by atoms with Crippen LogP contribution in [0.2, 0.25) is 0 Å². The summed E-state index contributed by atoms with van der Waals surface area (Å²) in [6.07, 6.45) is 4.49. The molecular weight excluding hydrogens is 412 g/mol. The third-order valence-electron chi connectivity index (χ3n) is 4.89. The Bertz CT molecular complexity index is 936. The fourth-order valence-electron chi connectivity index (χ4n) is 3.40. The van der Waals surface area contributed by atoms with E-state index in [4.69, 9.17) is 13.9 Å². The van der Waals surface area contributed by atoms with Crippen molar-refractivity contribution in [3.8, 4) is 11.3 Å². The predicted octanol–water partition coefficient (Wildman–Crippen LogP) is 4.90. The minimum Gasteiger partial charge on any atom is -0.461 e. The van der Waals surface area contributed by atoms with Crippen LogP contribution in [0.5, 0.6) is 0 Å². The van der Waals surface area contributed by atoms with Crippen LogP contribution >= 0.6 is 0 Å². The molecule has 8 heteroatoms. The van der Waals surface area contributed by atoms with E-state index in [1.165, 1.54) is 6.42 Å². The SMILES string of the molecule is CC(C)(C)OC(=O)Nc1ccc(-c2ccc(C(=O)NCC(=O)OC3CCCCC3)o2)cc1. The lowest BCUT2D eigenvalue weighted by atomic mass is 9.98. The normalized spacial score (nSPS) is 14.5. The van der Waals surface area contributed by atoms with Gasteiger partial charge in [-0.05, 0) is 82.9 Å². The van der Waals surface area contributed by atoms with E-state index in [9.17, 15) is 14.4 Å². The van der Waals surface area contributed by atoms with Crippen LogP contribution in [-0.4, -0.2) is 36.2 Å². The number of hydrogen-bond acceptors (Lipinski definition) is 6. The summed E-state index contributed by atoms with van der Waals surface area (Å²) in [6.45, 7) is 5.18. The van der Waals surface area contributed by atoms with Gasteiger partial charge in [-0.2, -0.15) is 0 Å². The van der Waals surface area contributed by atoms with Gasteiger partial charge in [0.25, 0.3) is 5.91 Å². The molecular formula is C24H30N2O6. The topological polar surface area (TPSA) is 107 Å². The average molecular weight is 443 g/mol. The molecule has 1 aromatic heterocycles. The van der Waals surface area contributed by atoms with Crippen molar-refractivity contribution in [3.05, 3.63) is 42.2 Å². The number of anilines is 1. The molecule has 3 rings (SSSR count). The van der Waals surface area contributed by atoms with Crippen LogP contribution in [0.3, 0.4) is 0 Å². The van der Waals surface area contributed by atoms with Crippen molar-refractivity contribution in [1.82, 2.24) is 5.32 Å². The highest BCUT2D eigenvalue weighted by Gasteiger charge is 2.19. The molecule has 2 aromatic rings. The van der Waals surface area contributed by atoms with Gasteiger partial charge in [0, 0.05) is 11.3 Å². The van der Waals surface area contributed by atoms with Gasteiger partial charge in [-0.1, -0.05) is 6.42 Å². The molecule has 1 heterocycles.